The SMILES string of the molecule is CCCCOC(=O)[C@H]1[C@@H]2OC(C)(C)O[C@@H]2[C@@H](O)CN1S(=O)(=O)c1ccc(OC)cc1. The number of piperidine rings is 1. The summed E-state index contributed by atoms with van der Waals surface area (Å²) in [7, 11) is -2.66. The zero-order valence-electron chi connectivity index (χ0n) is 17.6. The van der Waals surface area contributed by atoms with E-state index in [1.807, 2.05) is 6.92 Å². The normalized spacial score (nSPS) is 28.7. The molecule has 1 aromatic carbocycles. The van der Waals surface area contributed by atoms with Crippen LogP contribution >= 0.6 is 0 Å². The Labute approximate surface area is 176 Å². The number of hydrogen-bond donors (Lipinski definition) is 1. The molecule has 9 nitrogen and oxygen atoms in total. The van der Waals surface area contributed by atoms with Gasteiger partial charge in [0.2, 0.25) is 10.0 Å². The minimum Gasteiger partial charge on any atom is -0.497 e. The summed E-state index contributed by atoms with van der Waals surface area (Å²) in [6, 6.07) is 4.54. The van der Waals surface area contributed by atoms with Crippen molar-refractivity contribution in [3.8, 4) is 5.75 Å². The molecular formula is C20H29NO8S. The van der Waals surface area contributed by atoms with E-state index in [0.29, 0.717) is 12.2 Å². The molecule has 168 valence electrons. The van der Waals surface area contributed by atoms with Crippen LogP contribution in [0.3, 0.4) is 0 Å². The first-order chi connectivity index (χ1) is 14.1. The third-order valence-corrected chi connectivity index (χ3v) is 7.04. The van der Waals surface area contributed by atoms with E-state index in [1.54, 1.807) is 13.8 Å². The van der Waals surface area contributed by atoms with Gasteiger partial charge in [-0.1, -0.05) is 13.3 Å². The van der Waals surface area contributed by atoms with Gasteiger partial charge < -0.3 is 24.1 Å². The van der Waals surface area contributed by atoms with E-state index in [4.69, 9.17) is 18.9 Å². The van der Waals surface area contributed by atoms with Gasteiger partial charge >= 0.3 is 5.97 Å². The maximum Gasteiger partial charge on any atom is 0.327 e. The van der Waals surface area contributed by atoms with Crippen LogP contribution in [-0.2, 0) is 29.0 Å². The first-order valence-electron chi connectivity index (χ1n) is 9.97. The molecule has 0 radical (unpaired) electrons. The number of β-amino-alcohol motifs (C(OH)–C–C–N with tert-alkyl or cyclic N) is 1. The average Bonchev–Trinajstić information content (AvgIpc) is 3.03. The van der Waals surface area contributed by atoms with Gasteiger partial charge in [-0.05, 0) is 44.5 Å². The average molecular weight is 444 g/mol. The molecule has 2 aliphatic rings. The number of hydrogen-bond acceptors (Lipinski definition) is 8. The quantitative estimate of drug-likeness (QED) is 0.496. The number of nitrogens with zero attached hydrogens (tertiary/aromatic N) is 1. The van der Waals surface area contributed by atoms with Crippen molar-refractivity contribution in [2.75, 3.05) is 20.3 Å². The maximum absolute atomic E-state index is 13.4. The Morgan fingerprint density at radius 2 is 1.87 bits per heavy atom. The highest BCUT2D eigenvalue weighted by molar-refractivity contribution is 7.89. The molecule has 10 heteroatoms. The second-order valence-electron chi connectivity index (χ2n) is 7.85. The molecule has 2 heterocycles. The van der Waals surface area contributed by atoms with Crippen molar-refractivity contribution in [3.63, 3.8) is 0 Å². The van der Waals surface area contributed by atoms with Crippen molar-refractivity contribution in [1.82, 2.24) is 4.31 Å². The van der Waals surface area contributed by atoms with Gasteiger partial charge in [-0.25, -0.2) is 8.42 Å². The largest absolute Gasteiger partial charge is 0.497 e. The van der Waals surface area contributed by atoms with Crippen molar-refractivity contribution < 1.29 is 37.3 Å². The zero-order valence-corrected chi connectivity index (χ0v) is 18.4. The minimum atomic E-state index is -4.14. The molecule has 0 saturated carbocycles. The predicted molar refractivity (Wildman–Crippen MR) is 106 cm³/mol. The number of esters is 1. The number of carbonyl (C=O) groups excluding carboxylic acids is 1. The Bertz CT molecular complexity index is 854. The molecule has 0 aromatic heterocycles. The lowest BCUT2D eigenvalue weighted by molar-refractivity contribution is -0.162. The van der Waals surface area contributed by atoms with E-state index < -0.39 is 46.1 Å². The number of aliphatic hydroxyl groups is 1. The number of carbonyl (C=O) groups is 1. The van der Waals surface area contributed by atoms with Gasteiger partial charge in [-0.2, -0.15) is 4.31 Å². The Morgan fingerprint density at radius 3 is 2.47 bits per heavy atom. The van der Waals surface area contributed by atoms with Crippen LogP contribution in [0, 0.1) is 0 Å². The maximum atomic E-state index is 13.4. The molecule has 30 heavy (non-hydrogen) atoms. The van der Waals surface area contributed by atoms with Crippen LogP contribution < -0.4 is 4.74 Å². The number of rotatable bonds is 7. The van der Waals surface area contributed by atoms with E-state index in [1.165, 1.54) is 31.4 Å². The third kappa shape index (κ3) is 4.47. The summed E-state index contributed by atoms with van der Waals surface area (Å²) in [5, 5.41) is 10.6. The van der Waals surface area contributed by atoms with Gasteiger partial charge in [-0.15, -0.1) is 0 Å². The molecule has 3 rings (SSSR count). The molecule has 0 spiro atoms. The lowest BCUT2D eigenvalue weighted by atomic mass is 9.96. The summed E-state index contributed by atoms with van der Waals surface area (Å²) in [6.07, 6.45) is -1.52. The van der Waals surface area contributed by atoms with Crippen molar-refractivity contribution in [1.29, 1.82) is 0 Å². The second-order valence-corrected chi connectivity index (χ2v) is 9.74. The van der Waals surface area contributed by atoms with Crippen molar-refractivity contribution in [3.05, 3.63) is 24.3 Å². The fraction of sp³-hybridized carbons (Fsp3) is 0.650. The fourth-order valence-corrected chi connectivity index (χ4v) is 5.31. The van der Waals surface area contributed by atoms with E-state index in [2.05, 4.69) is 0 Å². The van der Waals surface area contributed by atoms with Crippen molar-refractivity contribution in [2.24, 2.45) is 0 Å². The van der Waals surface area contributed by atoms with Gasteiger partial charge in [-0.3, -0.25) is 4.79 Å². The monoisotopic (exact) mass is 443 g/mol. The topological polar surface area (TPSA) is 112 Å². The minimum absolute atomic E-state index is 0.0292. The number of sulfonamides is 1. The zero-order chi connectivity index (χ0) is 22.1. The molecule has 0 unspecified atom stereocenters. The third-order valence-electron chi connectivity index (χ3n) is 5.18. The molecule has 2 aliphatic heterocycles. The fourth-order valence-electron chi connectivity index (χ4n) is 3.71. The molecule has 1 aromatic rings. The number of methoxy groups -OCH3 is 1. The lowest BCUT2D eigenvalue weighted by Crippen LogP contribution is -2.64. The van der Waals surface area contributed by atoms with Crippen LogP contribution in [0.1, 0.15) is 33.6 Å². The van der Waals surface area contributed by atoms with Crippen LogP contribution in [0.5, 0.6) is 5.75 Å². The van der Waals surface area contributed by atoms with Crippen LogP contribution in [-0.4, -0.2) is 74.2 Å². The highest BCUT2D eigenvalue weighted by Gasteiger charge is 2.58. The summed E-state index contributed by atoms with van der Waals surface area (Å²) >= 11 is 0. The van der Waals surface area contributed by atoms with Gasteiger partial charge in [0.15, 0.2) is 11.8 Å². The Hall–Kier alpha value is -1.72. The van der Waals surface area contributed by atoms with Gasteiger partial charge in [0, 0.05) is 6.54 Å². The van der Waals surface area contributed by atoms with E-state index >= 15 is 0 Å². The van der Waals surface area contributed by atoms with E-state index in [-0.39, 0.29) is 18.0 Å². The standard InChI is InChI=1S/C20H29NO8S/c1-5-6-11-27-19(23)16-18-17(28-20(2,3)29-18)15(22)12-21(16)30(24,25)14-9-7-13(26-4)8-10-14/h7-10,15-18,22H,5-6,11-12H2,1-4H3/t15-,16+,17+,18-/m0/s1. The molecular weight excluding hydrogens is 414 g/mol. The molecule has 0 aliphatic carbocycles. The molecule has 0 bridgehead atoms. The highest BCUT2D eigenvalue weighted by atomic mass is 32.2. The van der Waals surface area contributed by atoms with Crippen LogP contribution in [0.2, 0.25) is 0 Å². The van der Waals surface area contributed by atoms with E-state index in [9.17, 15) is 18.3 Å². The number of aliphatic hydroxyl groups excluding tert-OH is 1. The summed E-state index contributed by atoms with van der Waals surface area (Å²) in [5.41, 5.74) is 0. The summed E-state index contributed by atoms with van der Waals surface area (Å²) < 4.78 is 49.8. The molecule has 2 saturated heterocycles. The highest BCUT2D eigenvalue weighted by Crippen LogP contribution is 2.39. The first kappa shape index (κ1) is 23.0. The van der Waals surface area contributed by atoms with Gasteiger partial charge in [0.05, 0.1) is 24.7 Å². The van der Waals surface area contributed by atoms with Crippen molar-refractivity contribution in [2.45, 2.75) is 68.6 Å². The van der Waals surface area contributed by atoms with Crippen LogP contribution in [0.15, 0.2) is 29.2 Å². The van der Waals surface area contributed by atoms with E-state index in [0.717, 1.165) is 10.7 Å². The first-order valence-corrected chi connectivity index (χ1v) is 11.4. The number of ether oxygens (including phenoxy) is 4. The Kier molecular flexibility index (Phi) is 6.73. The van der Waals surface area contributed by atoms with Gasteiger partial charge in [0.1, 0.15) is 18.0 Å². The molecule has 4 atom stereocenters. The summed E-state index contributed by atoms with van der Waals surface area (Å²) in [5.74, 6) is -1.29. The molecule has 0 amide bonds. The lowest BCUT2D eigenvalue weighted by Gasteiger charge is -2.40. The molecule has 2 fully saturated rings. The Balaban J connectivity index is 1.97. The number of benzene rings is 1. The smallest absolute Gasteiger partial charge is 0.327 e. The van der Waals surface area contributed by atoms with Crippen LogP contribution in [0.4, 0.5) is 0 Å². The second kappa shape index (κ2) is 8.80. The summed E-state index contributed by atoms with van der Waals surface area (Å²) in [4.78, 5) is 12.9. The predicted octanol–water partition coefficient (Wildman–Crippen LogP) is 1.29. The summed E-state index contributed by atoms with van der Waals surface area (Å²) in [6.45, 7) is 5.12. The van der Waals surface area contributed by atoms with Crippen LogP contribution in [0.25, 0.3) is 0 Å². The Morgan fingerprint density at radius 1 is 1.23 bits per heavy atom. The van der Waals surface area contributed by atoms with Gasteiger partial charge in [0.25, 0.3) is 0 Å². The van der Waals surface area contributed by atoms with Crippen molar-refractivity contribution >= 4 is 16.0 Å². The molecule has 1 N–H and O–H groups in total. The number of fused-ring (bicyclic) bond motifs is 1. The number of unbranched alkanes of at least 4 members (excludes halogenated alkanes) is 1.